The summed E-state index contributed by atoms with van der Waals surface area (Å²) in [4.78, 5) is 23.3. The molecule has 12 heteroatoms. The van der Waals surface area contributed by atoms with Gasteiger partial charge in [0.15, 0.2) is 5.69 Å². The highest BCUT2D eigenvalue weighted by atomic mass is 19.4. The van der Waals surface area contributed by atoms with Gasteiger partial charge in [-0.3, -0.25) is 9.48 Å². The summed E-state index contributed by atoms with van der Waals surface area (Å²) in [5, 5.41) is 15.2. The Balaban J connectivity index is 0.000000345. The Morgan fingerprint density at radius 3 is 2.57 bits per heavy atom. The van der Waals surface area contributed by atoms with E-state index in [1.165, 1.54) is 5.56 Å². The average Bonchev–Trinajstić information content (AvgIpc) is 3.21. The Morgan fingerprint density at radius 2 is 2.07 bits per heavy atom. The average molecular weight is 404 g/mol. The van der Waals surface area contributed by atoms with Crippen molar-refractivity contribution in [3.63, 3.8) is 0 Å². The normalized spacial score (nSPS) is 16.2. The van der Waals surface area contributed by atoms with Crippen LogP contribution in [0.3, 0.4) is 0 Å². The molecular formula is C16H19F3N4O5. The molecule has 0 aliphatic carbocycles. The lowest BCUT2D eigenvalue weighted by molar-refractivity contribution is -0.192. The van der Waals surface area contributed by atoms with Crippen LogP contribution in [-0.4, -0.2) is 63.3 Å². The Hall–Kier alpha value is -2.89. The van der Waals surface area contributed by atoms with Crippen LogP contribution in [0.2, 0.25) is 0 Å². The van der Waals surface area contributed by atoms with Gasteiger partial charge in [0.1, 0.15) is 5.76 Å². The molecule has 1 aliphatic heterocycles. The summed E-state index contributed by atoms with van der Waals surface area (Å²) in [6, 6.07) is 1.50. The van der Waals surface area contributed by atoms with Gasteiger partial charge in [-0.2, -0.15) is 18.3 Å². The molecule has 1 unspecified atom stereocenters. The number of rotatable bonds is 3. The van der Waals surface area contributed by atoms with Crippen molar-refractivity contribution in [3.8, 4) is 0 Å². The highest BCUT2D eigenvalue weighted by molar-refractivity contribution is 5.92. The van der Waals surface area contributed by atoms with Gasteiger partial charge in [-0.25, -0.2) is 4.79 Å². The summed E-state index contributed by atoms with van der Waals surface area (Å²) in [7, 11) is 3.52. The summed E-state index contributed by atoms with van der Waals surface area (Å²) in [5.41, 5.74) is 2.52. The summed E-state index contributed by atoms with van der Waals surface area (Å²) in [6.07, 6.45) is -2.44. The highest BCUT2D eigenvalue weighted by Gasteiger charge is 2.38. The summed E-state index contributed by atoms with van der Waals surface area (Å²) < 4.78 is 43.9. The van der Waals surface area contributed by atoms with Gasteiger partial charge in [-0.05, 0) is 18.9 Å². The number of carboxylic acids is 1. The highest BCUT2D eigenvalue weighted by Crippen LogP contribution is 2.30. The Kier molecular flexibility index (Phi) is 6.44. The molecule has 9 nitrogen and oxygen atoms in total. The molecule has 1 amide bonds. The number of fused-ring (bicyclic) bond motifs is 1. The van der Waals surface area contributed by atoms with Crippen molar-refractivity contribution in [2.24, 2.45) is 7.05 Å². The Labute approximate surface area is 157 Å². The second-order valence-electron chi connectivity index (χ2n) is 6.02. The van der Waals surface area contributed by atoms with Gasteiger partial charge in [-0.15, -0.1) is 0 Å². The Bertz CT molecular complexity index is 846. The fourth-order valence-electron chi connectivity index (χ4n) is 2.84. The lowest BCUT2D eigenvalue weighted by atomic mass is 9.99. The van der Waals surface area contributed by atoms with Crippen molar-refractivity contribution in [1.82, 2.24) is 19.8 Å². The van der Waals surface area contributed by atoms with E-state index in [2.05, 4.69) is 10.3 Å². The van der Waals surface area contributed by atoms with E-state index < -0.39 is 12.1 Å². The van der Waals surface area contributed by atoms with Crippen LogP contribution < -0.4 is 0 Å². The third-order valence-corrected chi connectivity index (χ3v) is 4.05. The van der Waals surface area contributed by atoms with E-state index in [9.17, 15) is 18.0 Å². The second-order valence-corrected chi connectivity index (χ2v) is 6.02. The number of hydrogen-bond donors (Lipinski definition) is 1. The molecule has 1 aliphatic rings. The molecule has 3 heterocycles. The molecule has 3 rings (SSSR count). The summed E-state index contributed by atoms with van der Waals surface area (Å²) in [6.45, 7) is 2.82. The molecule has 0 spiro atoms. The number of hydrogen-bond acceptors (Lipinski definition) is 6. The van der Waals surface area contributed by atoms with E-state index in [4.69, 9.17) is 19.2 Å². The number of carboxylic acid groups (broad SMARTS) is 1. The second kappa shape index (κ2) is 8.42. The minimum Gasteiger partial charge on any atom is -0.475 e. The molecular weight excluding hydrogens is 385 g/mol. The van der Waals surface area contributed by atoms with Crippen molar-refractivity contribution in [1.29, 1.82) is 0 Å². The zero-order valence-corrected chi connectivity index (χ0v) is 15.4. The smallest absolute Gasteiger partial charge is 0.475 e. The number of aliphatic carboxylic acids is 1. The lowest BCUT2D eigenvalue weighted by Crippen LogP contribution is -2.42. The zero-order chi connectivity index (χ0) is 21.1. The number of alkyl halides is 3. The molecule has 0 radical (unpaired) electrons. The van der Waals surface area contributed by atoms with Crippen LogP contribution in [0.4, 0.5) is 13.2 Å². The quantitative estimate of drug-likeness (QED) is 0.829. The van der Waals surface area contributed by atoms with Crippen molar-refractivity contribution < 1.29 is 37.1 Å². The molecule has 2 aromatic rings. The lowest BCUT2D eigenvalue weighted by Gasteiger charge is -2.35. The zero-order valence-electron chi connectivity index (χ0n) is 15.4. The Morgan fingerprint density at radius 1 is 1.43 bits per heavy atom. The number of halogens is 3. The first kappa shape index (κ1) is 21.4. The van der Waals surface area contributed by atoms with Crippen LogP contribution in [0.25, 0.3) is 0 Å². The van der Waals surface area contributed by atoms with E-state index >= 15 is 0 Å². The van der Waals surface area contributed by atoms with Gasteiger partial charge < -0.3 is 19.3 Å². The maximum Gasteiger partial charge on any atom is 0.490 e. The van der Waals surface area contributed by atoms with Gasteiger partial charge in [0, 0.05) is 26.8 Å². The monoisotopic (exact) mass is 404 g/mol. The molecule has 1 N–H and O–H groups in total. The number of methoxy groups -OCH3 is 1. The van der Waals surface area contributed by atoms with Crippen LogP contribution in [0.1, 0.15) is 33.5 Å². The summed E-state index contributed by atoms with van der Waals surface area (Å²) in [5.74, 6) is -2.27. The van der Waals surface area contributed by atoms with Crippen molar-refractivity contribution in [2.45, 2.75) is 25.6 Å². The molecule has 2 aromatic heterocycles. The van der Waals surface area contributed by atoms with Gasteiger partial charge in [0.05, 0.1) is 24.5 Å². The van der Waals surface area contributed by atoms with E-state index in [1.54, 1.807) is 25.0 Å². The standard InChI is InChI=1S/C14H18N4O3.C2HF3O2/c1-9-6-11(16-21-9)14(19)18-5-4-10-7-15-17(2)13(10)12(18)8-20-3;3-2(4,5)1(6)7/h6-7,12H,4-5,8H2,1-3H3;(H,6,7). The molecule has 28 heavy (non-hydrogen) atoms. The maximum atomic E-state index is 12.7. The summed E-state index contributed by atoms with van der Waals surface area (Å²) >= 11 is 0. The van der Waals surface area contributed by atoms with Crippen LogP contribution in [0, 0.1) is 6.92 Å². The van der Waals surface area contributed by atoms with Gasteiger partial charge >= 0.3 is 12.1 Å². The number of aryl methyl sites for hydroxylation is 2. The first-order chi connectivity index (χ1) is 13.1. The fourth-order valence-corrected chi connectivity index (χ4v) is 2.84. The predicted octanol–water partition coefficient (Wildman–Crippen LogP) is 1.74. The van der Waals surface area contributed by atoms with Crippen molar-refractivity contribution in [2.75, 3.05) is 20.3 Å². The minimum atomic E-state index is -5.08. The number of amides is 1. The van der Waals surface area contributed by atoms with Crippen LogP contribution >= 0.6 is 0 Å². The molecule has 1 atom stereocenters. The van der Waals surface area contributed by atoms with E-state index in [0.717, 1.165) is 12.1 Å². The third-order valence-electron chi connectivity index (χ3n) is 4.05. The number of aromatic nitrogens is 3. The van der Waals surface area contributed by atoms with E-state index in [-0.39, 0.29) is 11.9 Å². The van der Waals surface area contributed by atoms with Gasteiger partial charge in [0.25, 0.3) is 5.91 Å². The van der Waals surface area contributed by atoms with Crippen LogP contribution in [0.5, 0.6) is 0 Å². The SMILES string of the molecule is COCC1c2c(cnn2C)CCN1C(=O)c1cc(C)on1.O=C(O)C(F)(F)F. The molecule has 0 saturated carbocycles. The van der Waals surface area contributed by atoms with Crippen LogP contribution in [-0.2, 0) is 23.0 Å². The third kappa shape index (κ3) is 4.68. The molecule has 0 aromatic carbocycles. The largest absolute Gasteiger partial charge is 0.490 e. The van der Waals surface area contributed by atoms with Crippen molar-refractivity contribution >= 4 is 11.9 Å². The molecule has 0 fully saturated rings. The van der Waals surface area contributed by atoms with Crippen LogP contribution in [0.15, 0.2) is 16.8 Å². The predicted molar refractivity (Wildman–Crippen MR) is 87.5 cm³/mol. The van der Waals surface area contributed by atoms with Crippen molar-refractivity contribution in [3.05, 3.63) is 35.0 Å². The molecule has 0 bridgehead atoms. The number of carbonyl (C=O) groups is 2. The first-order valence-electron chi connectivity index (χ1n) is 8.10. The molecule has 0 saturated heterocycles. The van der Waals surface area contributed by atoms with E-state index in [1.807, 2.05) is 17.9 Å². The minimum absolute atomic E-state index is 0.138. The van der Waals surface area contributed by atoms with Gasteiger partial charge in [0.2, 0.25) is 0 Å². The topological polar surface area (TPSA) is 111 Å². The number of carbonyl (C=O) groups excluding carboxylic acids is 1. The molecule has 154 valence electrons. The maximum absolute atomic E-state index is 12.7. The first-order valence-corrected chi connectivity index (χ1v) is 8.10. The number of ether oxygens (including phenoxy) is 1. The number of nitrogens with zero attached hydrogens (tertiary/aromatic N) is 4. The van der Waals surface area contributed by atoms with Gasteiger partial charge in [-0.1, -0.05) is 5.16 Å². The fraction of sp³-hybridized carbons (Fsp3) is 0.500. The van der Waals surface area contributed by atoms with E-state index in [0.29, 0.717) is 24.6 Å².